The highest BCUT2D eigenvalue weighted by atomic mass is 16.5. The summed E-state index contributed by atoms with van der Waals surface area (Å²) in [7, 11) is 0. The molecule has 172 valence electrons. The molecule has 4 aromatic rings. The minimum Gasteiger partial charge on any atom is -0.508 e. The molecule has 3 aromatic carbocycles. The first kappa shape index (κ1) is 21.6. The summed E-state index contributed by atoms with van der Waals surface area (Å²) < 4.78 is 17.2. The van der Waals surface area contributed by atoms with E-state index >= 15 is 0 Å². The smallest absolute Gasteiger partial charge is 0.312 e. The summed E-state index contributed by atoms with van der Waals surface area (Å²) in [6.45, 7) is 3.85. The standard InChI is InChI=1S/C27H22O7/c1-14(2)33-18-5-3-4-16(10-18)19-11-23(30)34-22-12-21(29)25-26(31)20(13-32-27(25)24(19)22)15-6-8-17(28)9-7-15/h3-10,12-14,19,28-29H,11H2,1-2H3/t19-/m0/s1. The van der Waals surface area contributed by atoms with E-state index in [1.807, 2.05) is 38.1 Å². The maximum Gasteiger partial charge on any atom is 0.312 e. The van der Waals surface area contributed by atoms with Crippen molar-refractivity contribution >= 4 is 16.9 Å². The van der Waals surface area contributed by atoms with Crippen molar-refractivity contribution in [2.75, 3.05) is 0 Å². The Labute approximate surface area is 194 Å². The lowest BCUT2D eigenvalue weighted by molar-refractivity contribution is -0.135. The monoisotopic (exact) mass is 458 g/mol. The van der Waals surface area contributed by atoms with Crippen LogP contribution >= 0.6 is 0 Å². The lowest BCUT2D eigenvalue weighted by atomic mass is 9.85. The first-order valence-corrected chi connectivity index (χ1v) is 10.9. The predicted molar refractivity (Wildman–Crippen MR) is 126 cm³/mol. The van der Waals surface area contributed by atoms with Crippen LogP contribution in [-0.2, 0) is 4.79 Å². The molecule has 5 rings (SSSR count). The highest BCUT2D eigenvalue weighted by molar-refractivity contribution is 5.94. The van der Waals surface area contributed by atoms with E-state index in [4.69, 9.17) is 13.9 Å². The average molecular weight is 458 g/mol. The van der Waals surface area contributed by atoms with Crippen LogP contribution in [0.4, 0.5) is 0 Å². The first-order valence-electron chi connectivity index (χ1n) is 10.9. The number of esters is 1. The van der Waals surface area contributed by atoms with Crippen LogP contribution in [0.2, 0.25) is 0 Å². The Morgan fingerprint density at radius 3 is 2.53 bits per heavy atom. The number of ether oxygens (including phenoxy) is 2. The van der Waals surface area contributed by atoms with Crippen molar-refractivity contribution < 1.29 is 28.9 Å². The molecule has 1 aromatic heterocycles. The van der Waals surface area contributed by atoms with Crippen LogP contribution in [0.5, 0.6) is 23.0 Å². The van der Waals surface area contributed by atoms with E-state index < -0.39 is 17.3 Å². The number of hydrogen-bond acceptors (Lipinski definition) is 7. The number of hydrogen-bond donors (Lipinski definition) is 2. The van der Waals surface area contributed by atoms with Gasteiger partial charge < -0.3 is 24.1 Å². The first-order chi connectivity index (χ1) is 16.3. The third-order valence-electron chi connectivity index (χ3n) is 5.78. The molecule has 0 saturated heterocycles. The largest absolute Gasteiger partial charge is 0.508 e. The van der Waals surface area contributed by atoms with Gasteiger partial charge in [0.05, 0.1) is 18.1 Å². The molecule has 0 fully saturated rings. The van der Waals surface area contributed by atoms with Gasteiger partial charge in [0.15, 0.2) is 0 Å². The van der Waals surface area contributed by atoms with Crippen molar-refractivity contribution in [2.24, 2.45) is 0 Å². The Balaban J connectivity index is 1.72. The molecule has 1 aliphatic heterocycles. The molecule has 0 radical (unpaired) electrons. The van der Waals surface area contributed by atoms with Crippen LogP contribution in [0, 0.1) is 0 Å². The van der Waals surface area contributed by atoms with Gasteiger partial charge in [-0.25, -0.2) is 0 Å². The molecule has 0 aliphatic carbocycles. The van der Waals surface area contributed by atoms with E-state index in [9.17, 15) is 19.8 Å². The summed E-state index contributed by atoms with van der Waals surface area (Å²) in [5.41, 5.74) is 1.82. The second-order valence-electron chi connectivity index (χ2n) is 8.51. The highest BCUT2D eigenvalue weighted by Crippen LogP contribution is 2.46. The molecular weight excluding hydrogens is 436 g/mol. The van der Waals surface area contributed by atoms with Crippen molar-refractivity contribution in [1.29, 1.82) is 0 Å². The van der Waals surface area contributed by atoms with Crippen LogP contribution in [0.15, 0.2) is 70.1 Å². The summed E-state index contributed by atoms with van der Waals surface area (Å²) in [6, 6.07) is 14.8. The van der Waals surface area contributed by atoms with E-state index in [0.29, 0.717) is 16.9 Å². The van der Waals surface area contributed by atoms with Gasteiger partial charge in [0.1, 0.15) is 40.2 Å². The lowest BCUT2D eigenvalue weighted by Gasteiger charge is -2.26. The lowest BCUT2D eigenvalue weighted by Crippen LogP contribution is -2.22. The summed E-state index contributed by atoms with van der Waals surface area (Å²) in [6.07, 6.45) is 1.34. The number of benzene rings is 3. The second kappa shape index (κ2) is 8.26. The molecule has 0 amide bonds. The number of phenols is 2. The molecule has 0 saturated carbocycles. The van der Waals surface area contributed by atoms with Gasteiger partial charge in [0, 0.05) is 17.5 Å². The van der Waals surface area contributed by atoms with Crippen LogP contribution in [0.3, 0.4) is 0 Å². The van der Waals surface area contributed by atoms with Crippen molar-refractivity contribution in [2.45, 2.75) is 32.3 Å². The molecule has 2 N–H and O–H groups in total. The van der Waals surface area contributed by atoms with E-state index in [0.717, 1.165) is 5.56 Å². The normalized spacial score (nSPS) is 15.3. The third kappa shape index (κ3) is 3.75. The molecule has 7 nitrogen and oxygen atoms in total. The van der Waals surface area contributed by atoms with E-state index in [1.54, 1.807) is 12.1 Å². The minimum absolute atomic E-state index is 0.00172. The van der Waals surface area contributed by atoms with Gasteiger partial charge in [0.2, 0.25) is 5.43 Å². The van der Waals surface area contributed by atoms with E-state index in [-0.39, 0.29) is 46.3 Å². The van der Waals surface area contributed by atoms with Crippen molar-refractivity contribution in [3.63, 3.8) is 0 Å². The fraction of sp³-hybridized carbons (Fsp3) is 0.185. The van der Waals surface area contributed by atoms with Gasteiger partial charge >= 0.3 is 5.97 Å². The number of aromatic hydroxyl groups is 2. The molecule has 0 unspecified atom stereocenters. The summed E-state index contributed by atoms with van der Waals surface area (Å²) in [4.78, 5) is 25.8. The van der Waals surface area contributed by atoms with Crippen molar-refractivity contribution in [3.05, 3.63) is 82.2 Å². The zero-order valence-corrected chi connectivity index (χ0v) is 18.6. The van der Waals surface area contributed by atoms with Gasteiger partial charge in [-0.2, -0.15) is 0 Å². The zero-order chi connectivity index (χ0) is 24.0. The number of rotatable bonds is 4. The summed E-state index contributed by atoms with van der Waals surface area (Å²) in [5.74, 6) is -0.367. The van der Waals surface area contributed by atoms with Crippen LogP contribution < -0.4 is 14.9 Å². The average Bonchev–Trinajstić information content (AvgIpc) is 2.79. The van der Waals surface area contributed by atoms with Gasteiger partial charge in [-0.1, -0.05) is 24.3 Å². The SMILES string of the molecule is CC(C)Oc1cccc([C@@H]2CC(=O)Oc3cc(O)c4c(=O)c(-c5ccc(O)cc5)coc4c32)c1. The van der Waals surface area contributed by atoms with Gasteiger partial charge in [-0.05, 0) is 49.2 Å². The molecule has 2 heterocycles. The van der Waals surface area contributed by atoms with Crippen molar-refractivity contribution in [1.82, 2.24) is 0 Å². The summed E-state index contributed by atoms with van der Waals surface area (Å²) in [5, 5.41) is 20.3. The van der Waals surface area contributed by atoms with Gasteiger partial charge in [-0.15, -0.1) is 0 Å². The minimum atomic E-state index is -0.460. The number of carbonyl (C=O) groups excluding carboxylic acids is 1. The molecule has 34 heavy (non-hydrogen) atoms. The second-order valence-corrected chi connectivity index (χ2v) is 8.51. The molecule has 1 atom stereocenters. The fourth-order valence-corrected chi connectivity index (χ4v) is 4.33. The number of carbonyl (C=O) groups is 1. The maximum atomic E-state index is 13.4. The zero-order valence-electron chi connectivity index (χ0n) is 18.6. The van der Waals surface area contributed by atoms with Gasteiger partial charge in [0.25, 0.3) is 0 Å². The Morgan fingerprint density at radius 1 is 1.03 bits per heavy atom. The Kier molecular flexibility index (Phi) is 5.24. The Hall–Kier alpha value is -4.26. The summed E-state index contributed by atoms with van der Waals surface area (Å²) >= 11 is 0. The third-order valence-corrected chi connectivity index (χ3v) is 5.78. The van der Waals surface area contributed by atoms with Crippen molar-refractivity contribution in [3.8, 4) is 34.1 Å². The fourth-order valence-electron chi connectivity index (χ4n) is 4.33. The predicted octanol–water partition coefficient (Wildman–Crippen LogP) is 5.10. The van der Waals surface area contributed by atoms with E-state index in [1.165, 1.54) is 24.5 Å². The topological polar surface area (TPSA) is 106 Å². The molecule has 7 heteroatoms. The van der Waals surface area contributed by atoms with Crippen LogP contribution in [0.25, 0.3) is 22.1 Å². The molecule has 0 spiro atoms. The molecular formula is C27H22O7. The van der Waals surface area contributed by atoms with E-state index in [2.05, 4.69) is 0 Å². The molecule has 0 bridgehead atoms. The van der Waals surface area contributed by atoms with Crippen LogP contribution in [0.1, 0.15) is 37.3 Å². The highest BCUT2D eigenvalue weighted by Gasteiger charge is 2.34. The quantitative estimate of drug-likeness (QED) is 0.324. The molecule has 1 aliphatic rings. The van der Waals surface area contributed by atoms with Gasteiger partial charge in [-0.3, -0.25) is 9.59 Å². The Bertz CT molecular complexity index is 1470. The Morgan fingerprint density at radius 2 is 1.79 bits per heavy atom. The number of fused-ring (bicyclic) bond motifs is 3. The number of phenolic OH excluding ortho intramolecular Hbond substituents is 2. The van der Waals surface area contributed by atoms with Crippen LogP contribution in [-0.4, -0.2) is 22.3 Å². The maximum absolute atomic E-state index is 13.4.